The highest BCUT2D eigenvalue weighted by Gasteiger charge is 2.19. The molecule has 1 rings (SSSR count). The number of nitrogens with one attached hydrogen (secondary N) is 1. The van der Waals surface area contributed by atoms with Crippen LogP contribution >= 0.6 is 0 Å². The second kappa shape index (κ2) is 8.20. The van der Waals surface area contributed by atoms with Crippen LogP contribution in [0.5, 0.6) is 11.5 Å². The van der Waals surface area contributed by atoms with Crippen LogP contribution < -0.4 is 14.8 Å². The van der Waals surface area contributed by atoms with Gasteiger partial charge in [-0.1, -0.05) is 12.6 Å². The molecule has 0 saturated carbocycles. The van der Waals surface area contributed by atoms with Gasteiger partial charge in [-0.2, -0.15) is 0 Å². The first-order valence-corrected chi connectivity index (χ1v) is 7.58. The average Bonchev–Trinajstić information content (AvgIpc) is 2.44. The van der Waals surface area contributed by atoms with Gasteiger partial charge in [0.2, 0.25) is 0 Å². The Morgan fingerprint density at radius 2 is 1.95 bits per heavy atom. The molecule has 0 aliphatic rings. The van der Waals surface area contributed by atoms with E-state index in [4.69, 9.17) is 9.47 Å². The number of likely N-dealkylation sites (N-methyl/N-ethyl adjacent to an activating group) is 1. The molecule has 0 spiro atoms. The van der Waals surface area contributed by atoms with Crippen molar-refractivity contribution in [3.63, 3.8) is 0 Å². The third-order valence-electron chi connectivity index (χ3n) is 3.80. The van der Waals surface area contributed by atoms with Crippen molar-refractivity contribution in [3.8, 4) is 11.5 Å². The van der Waals surface area contributed by atoms with E-state index < -0.39 is 0 Å². The van der Waals surface area contributed by atoms with Crippen LogP contribution in [0.4, 0.5) is 0 Å². The number of hydrogen-bond acceptors (Lipinski definition) is 4. The molecule has 0 heterocycles. The van der Waals surface area contributed by atoms with Gasteiger partial charge in [0.15, 0.2) is 11.5 Å². The molecule has 0 aromatic heterocycles. The molecule has 1 N–H and O–H groups in total. The molecule has 0 fully saturated rings. The second-order valence-electron chi connectivity index (χ2n) is 6.54. The highest BCUT2D eigenvalue weighted by Crippen LogP contribution is 2.28. The number of ether oxygens (including phenoxy) is 2. The van der Waals surface area contributed by atoms with E-state index in [1.807, 2.05) is 19.1 Å². The molecular weight excluding hydrogens is 276 g/mol. The molecule has 0 amide bonds. The largest absolute Gasteiger partial charge is 0.493 e. The molecule has 0 atom stereocenters. The topological polar surface area (TPSA) is 33.7 Å². The molecule has 4 heteroatoms. The maximum absolute atomic E-state index is 5.76. The van der Waals surface area contributed by atoms with Crippen LogP contribution in [0.25, 0.3) is 0 Å². The van der Waals surface area contributed by atoms with Gasteiger partial charge in [-0.3, -0.25) is 0 Å². The fourth-order valence-corrected chi connectivity index (χ4v) is 1.82. The Morgan fingerprint density at radius 3 is 2.50 bits per heavy atom. The minimum absolute atomic E-state index is 0.117. The third-order valence-corrected chi connectivity index (χ3v) is 3.80. The summed E-state index contributed by atoms with van der Waals surface area (Å²) in [7, 11) is 5.84. The van der Waals surface area contributed by atoms with Crippen molar-refractivity contribution in [2.75, 3.05) is 34.4 Å². The van der Waals surface area contributed by atoms with Crippen molar-refractivity contribution in [3.05, 3.63) is 35.9 Å². The molecular formula is C18H30N2O2. The van der Waals surface area contributed by atoms with E-state index >= 15 is 0 Å². The lowest BCUT2D eigenvalue weighted by Gasteiger charge is -2.32. The Kier molecular flexibility index (Phi) is 6.91. The summed E-state index contributed by atoms with van der Waals surface area (Å²) in [6, 6.07) is 6.03. The van der Waals surface area contributed by atoms with Gasteiger partial charge in [0.1, 0.15) is 6.61 Å². The number of nitrogens with zero attached hydrogens (tertiary/aromatic N) is 1. The van der Waals surface area contributed by atoms with Gasteiger partial charge in [-0.05, 0) is 58.1 Å². The third kappa shape index (κ3) is 5.70. The lowest BCUT2D eigenvalue weighted by molar-refractivity contribution is 0.189. The SMILES string of the molecule is C=C(C)COc1cc(CNCC(C)(C)N(C)C)ccc1OC. The van der Waals surface area contributed by atoms with E-state index in [0.717, 1.165) is 30.2 Å². The second-order valence-corrected chi connectivity index (χ2v) is 6.54. The Labute approximate surface area is 135 Å². The highest BCUT2D eigenvalue weighted by molar-refractivity contribution is 5.43. The lowest BCUT2D eigenvalue weighted by atomic mass is 10.0. The summed E-state index contributed by atoms with van der Waals surface area (Å²) in [5.74, 6) is 1.51. The Hall–Kier alpha value is -1.52. The molecule has 1 aromatic carbocycles. The number of methoxy groups -OCH3 is 1. The van der Waals surface area contributed by atoms with Gasteiger partial charge in [-0.25, -0.2) is 0 Å². The van der Waals surface area contributed by atoms with Gasteiger partial charge >= 0.3 is 0 Å². The summed E-state index contributed by atoms with van der Waals surface area (Å²) in [5, 5.41) is 3.50. The Morgan fingerprint density at radius 1 is 1.27 bits per heavy atom. The molecule has 0 radical (unpaired) electrons. The van der Waals surface area contributed by atoms with Gasteiger partial charge < -0.3 is 19.7 Å². The molecule has 0 bridgehead atoms. The number of benzene rings is 1. The molecule has 0 aliphatic carbocycles. The summed E-state index contributed by atoms with van der Waals surface area (Å²) >= 11 is 0. The standard InChI is InChI=1S/C18H30N2O2/c1-14(2)12-22-17-10-15(8-9-16(17)21-7)11-19-13-18(3,4)20(5)6/h8-10,19H,1,11-13H2,2-7H3. The first kappa shape index (κ1) is 18.5. The highest BCUT2D eigenvalue weighted by atomic mass is 16.5. The van der Waals surface area contributed by atoms with Crippen LogP contribution in [-0.2, 0) is 6.54 Å². The molecule has 0 saturated heterocycles. The molecule has 1 aromatic rings. The summed E-state index contributed by atoms with van der Waals surface area (Å²) < 4.78 is 11.1. The molecule has 0 aliphatic heterocycles. The van der Waals surface area contributed by atoms with Gasteiger partial charge in [0, 0.05) is 18.6 Å². The van der Waals surface area contributed by atoms with E-state index in [9.17, 15) is 0 Å². The smallest absolute Gasteiger partial charge is 0.161 e. The normalized spacial score (nSPS) is 11.6. The van der Waals surface area contributed by atoms with Crippen LogP contribution in [0, 0.1) is 0 Å². The van der Waals surface area contributed by atoms with Crippen LogP contribution in [0.2, 0.25) is 0 Å². The number of hydrogen-bond donors (Lipinski definition) is 1. The quantitative estimate of drug-likeness (QED) is 0.711. The van der Waals surface area contributed by atoms with Crippen molar-refractivity contribution in [2.24, 2.45) is 0 Å². The van der Waals surface area contributed by atoms with Gasteiger partial charge in [0.05, 0.1) is 7.11 Å². The zero-order valence-corrected chi connectivity index (χ0v) is 14.8. The maximum Gasteiger partial charge on any atom is 0.161 e. The number of rotatable bonds is 9. The minimum Gasteiger partial charge on any atom is -0.493 e. The van der Waals surface area contributed by atoms with E-state index in [0.29, 0.717) is 6.61 Å². The Balaban J connectivity index is 2.67. The molecule has 22 heavy (non-hydrogen) atoms. The predicted octanol–water partition coefficient (Wildman–Crippen LogP) is 3.08. The van der Waals surface area contributed by atoms with Crippen LogP contribution in [0.3, 0.4) is 0 Å². The van der Waals surface area contributed by atoms with Gasteiger partial charge in [-0.15, -0.1) is 0 Å². The zero-order chi connectivity index (χ0) is 16.8. The first-order chi connectivity index (χ1) is 10.3. The predicted molar refractivity (Wildman–Crippen MR) is 92.8 cm³/mol. The van der Waals surface area contributed by atoms with Crippen molar-refractivity contribution in [2.45, 2.75) is 32.9 Å². The fourth-order valence-electron chi connectivity index (χ4n) is 1.82. The first-order valence-electron chi connectivity index (χ1n) is 7.58. The summed E-state index contributed by atoms with van der Waals surface area (Å²) in [6.07, 6.45) is 0. The van der Waals surface area contributed by atoms with Crippen molar-refractivity contribution in [1.82, 2.24) is 10.2 Å². The lowest BCUT2D eigenvalue weighted by Crippen LogP contribution is -2.46. The van der Waals surface area contributed by atoms with Crippen LogP contribution in [-0.4, -0.2) is 44.8 Å². The molecule has 0 unspecified atom stereocenters. The van der Waals surface area contributed by atoms with Crippen molar-refractivity contribution >= 4 is 0 Å². The van der Waals surface area contributed by atoms with Crippen LogP contribution in [0.1, 0.15) is 26.3 Å². The van der Waals surface area contributed by atoms with Crippen molar-refractivity contribution in [1.29, 1.82) is 0 Å². The molecule has 4 nitrogen and oxygen atoms in total. The summed E-state index contributed by atoms with van der Waals surface area (Å²) in [4.78, 5) is 2.22. The van der Waals surface area contributed by atoms with Gasteiger partial charge in [0.25, 0.3) is 0 Å². The zero-order valence-electron chi connectivity index (χ0n) is 14.8. The Bertz CT molecular complexity index is 496. The minimum atomic E-state index is 0.117. The van der Waals surface area contributed by atoms with Crippen molar-refractivity contribution < 1.29 is 9.47 Å². The van der Waals surface area contributed by atoms with E-state index in [1.54, 1.807) is 7.11 Å². The summed E-state index contributed by atoms with van der Waals surface area (Å²) in [5.41, 5.74) is 2.27. The van der Waals surface area contributed by atoms with E-state index in [-0.39, 0.29) is 5.54 Å². The fraction of sp³-hybridized carbons (Fsp3) is 0.556. The molecule has 124 valence electrons. The van der Waals surface area contributed by atoms with E-state index in [2.05, 4.69) is 50.8 Å². The average molecular weight is 306 g/mol. The van der Waals surface area contributed by atoms with Crippen LogP contribution in [0.15, 0.2) is 30.4 Å². The maximum atomic E-state index is 5.76. The summed E-state index contributed by atoms with van der Waals surface area (Å²) in [6.45, 7) is 12.4. The van der Waals surface area contributed by atoms with E-state index in [1.165, 1.54) is 5.56 Å². The monoisotopic (exact) mass is 306 g/mol.